The standard InChI is InChI=1S/C12H13N3O2/c13-10-4-1-9(2-5-10)3-6-12(16)15-11-7-14-17-8-11/h1-2,4-5,7-8H,3,6,13H2,(H,15,16). The van der Waals surface area contributed by atoms with Crippen LogP contribution in [0.1, 0.15) is 12.0 Å². The van der Waals surface area contributed by atoms with Gasteiger partial charge in [-0.15, -0.1) is 0 Å². The predicted molar refractivity (Wildman–Crippen MR) is 64.3 cm³/mol. The lowest BCUT2D eigenvalue weighted by molar-refractivity contribution is -0.116. The molecule has 1 aromatic carbocycles. The lowest BCUT2D eigenvalue weighted by Gasteiger charge is -2.02. The van der Waals surface area contributed by atoms with Gasteiger partial charge >= 0.3 is 0 Å². The molecular weight excluding hydrogens is 218 g/mol. The maximum absolute atomic E-state index is 11.5. The van der Waals surface area contributed by atoms with Crippen molar-refractivity contribution in [2.24, 2.45) is 0 Å². The Kier molecular flexibility index (Phi) is 3.40. The molecule has 0 saturated heterocycles. The van der Waals surface area contributed by atoms with E-state index in [1.54, 1.807) is 0 Å². The number of nitrogens with zero attached hydrogens (tertiary/aromatic N) is 1. The zero-order valence-electron chi connectivity index (χ0n) is 9.22. The van der Waals surface area contributed by atoms with Crippen molar-refractivity contribution in [3.63, 3.8) is 0 Å². The Morgan fingerprint density at radius 3 is 2.76 bits per heavy atom. The highest BCUT2D eigenvalue weighted by atomic mass is 16.5. The van der Waals surface area contributed by atoms with E-state index >= 15 is 0 Å². The maximum atomic E-state index is 11.5. The van der Waals surface area contributed by atoms with Gasteiger partial charge < -0.3 is 15.6 Å². The minimum Gasteiger partial charge on any atom is -0.399 e. The smallest absolute Gasteiger partial charge is 0.224 e. The number of nitrogens with two attached hydrogens (primary N) is 1. The van der Waals surface area contributed by atoms with E-state index in [0.29, 0.717) is 18.5 Å². The summed E-state index contributed by atoms with van der Waals surface area (Å²) in [6.07, 6.45) is 3.94. The van der Waals surface area contributed by atoms with Gasteiger partial charge in [0.25, 0.3) is 0 Å². The third-order valence-corrected chi connectivity index (χ3v) is 2.34. The quantitative estimate of drug-likeness (QED) is 0.786. The first kappa shape index (κ1) is 11.2. The highest BCUT2D eigenvalue weighted by Gasteiger charge is 2.04. The van der Waals surface area contributed by atoms with Gasteiger partial charge in [-0.25, -0.2) is 0 Å². The molecule has 17 heavy (non-hydrogen) atoms. The Labute approximate surface area is 98.6 Å². The molecule has 5 heteroatoms. The van der Waals surface area contributed by atoms with Crippen LogP contribution in [0, 0.1) is 0 Å². The molecule has 1 heterocycles. The van der Waals surface area contributed by atoms with E-state index in [0.717, 1.165) is 11.3 Å². The first-order chi connectivity index (χ1) is 8.24. The summed E-state index contributed by atoms with van der Waals surface area (Å²) in [5, 5.41) is 6.18. The van der Waals surface area contributed by atoms with Gasteiger partial charge in [-0.05, 0) is 24.1 Å². The summed E-state index contributed by atoms with van der Waals surface area (Å²) in [4.78, 5) is 11.5. The molecule has 0 fully saturated rings. The predicted octanol–water partition coefficient (Wildman–Crippen LogP) is 1.83. The molecule has 0 aliphatic carbocycles. The van der Waals surface area contributed by atoms with Crippen LogP contribution in [0.25, 0.3) is 0 Å². The summed E-state index contributed by atoms with van der Waals surface area (Å²) in [5.41, 5.74) is 7.96. The number of amides is 1. The van der Waals surface area contributed by atoms with Crippen molar-refractivity contribution in [3.8, 4) is 0 Å². The molecule has 2 aromatic rings. The van der Waals surface area contributed by atoms with E-state index in [-0.39, 0.29) is 5.91 Å². The van der Waals surface area contributed by atoms with Crippen LogP contribution in [0.3, 0.4) is 0 Å². The molecule has 0 aliphatic rings. The number of carbonyl (C=O) groups excluding carboxylic acids is 1. The van der Waals surface area contributed by atoms with E-state index < -0.39 is 0 Å². The number of carbonyl (C=O) groups is 1. The van der Waals surface area contributed by atoms with E-state index in [1.165, 1.54) is 12.5 Å². The highest BCUT2D eigenvalue weighted by molar-refractivity contribution is 5.90. The summed E-state index contributed by atoms with van der Waals surface area (Å²) >= 11 is 0. The Morgan fingerprint density at radius 1 is 1.35 bits per heavy atom. The van der Waals surface area contributed by atoms with Gasteiger partial charge in [0.05, 0.1) is 6.20 Å². The van der Waals surface area contributed by atoms with Crippen LogP contribution in [0.4, 0.5) is 11.4 Å². The van der Waals surface area contributed by atoms with Crippen LogP contribution in [0.2, 0.25) is 0 Å². The first-order valence-corrected chi connectivity index (χ1v) is 5.28. The average molecular weight is 231 g/mol. The Bertz CT molecular complexity index is 477. The second-order valence-corrected chi connectivity index (χ2v) is 3.70. The molecule has 0 saturated carbocycles. The maximum Gasteiger partial charge on any atom is 0.224 e. The molecule has 1 aromatic heterocycles. The summed E-state index contributed by atoms with van der Waals surface area (Å²) in [6.45, 7) is 0. The second kappa shape index (κ2) is 5.16. The zero-order valence-corrected chi connectivity index (χ0v) is 9.22. The number of aromatic nitrogens is 1. The molecule has 0 atom stereocenters. The number of rotatable bonds is 4. The monoisotopic (exact) mass is 231 g/mol. The second-order valence-electron chi connectivity index (χ2n) is 3.70. The van der Waals surface area contributed by atoms with Crippen molar-refractivity contribution in [2.75, 3.05) is 11.1 Å². The Hall–Kier alpha value is -2.30. The van der Waals surface area contributed by atoms with E-state index in [9.17, 15) is 4.79 Å². The van der Waals surface area contributed by atoms with Crippen molar-refractivity contribution in [3.05, 3.63) is 42.3 Å². The number of hydrogen-bond donors (Lipinski definition) is 2. The number of hydrogen-bond acceptors (Lipinski definition) is 4. The Balaban J connectivity index is 1.82. The molecule has 3 N–H and O–H groups in total. The van der Waals surface area contributed by atoms with Gasteiger partial charge in [0.2, 0.25) is 5.91 Å². The molecule has 0 unspecified atom stereocenters. The molecule has 88 valence electrons. The first-order valence-electron chi connectivity index (χ1n) is 5.28. The van der Waals surface area contributed by atoms with Gasteiger partial charge in [-0.1, -0.05) is 17.3 Å². The molecule has 1 amide bonds. The van der Waals surface area contributed by atoms with Crippen LogP contribution in [-0.2, 0) is 11.2 Å². The zero-order chi connectivity index (χ0) is 12.1. The lowest BCUT2D eigenvalue weighted by atomic mass is 10.1. The van der Waals surface area contributed by atoms with Crippen molar-refractivity contribution >= 4 is 17.3 Å². The van der Waals surface area contributed by atoms with Crippen LogP contribution in [0.15, 0.2) is 41.2 Å². The molecule has 0 aliphatic heterocycles. The third-order valence-electron chi connectivity index (χ3n) is 2.34. The molecule has 2 rings (SSSR count). The van der Waals surface area contributed by atoms with E-state index in [4.69, 9.17) is 5.73 Å². The number of anilines is 2. The number of nitrogens with one attached hydrogen (secondary N) is 1. The molecular formula is C12H13N3O2. The average Bonchev–Trinajstić information content (AvgIpc) is 2.81. The highest BCUT2D eigenvalue weighted by Crippen LogP contribution is 2.09. The lowest BCUT2D eigenvalue weighted by Crippen LogP contribution is -2.11. The Morgan fingerprint density at radius 2 is 2.12 bits per heavy atom. The number of benzene rings is 1. The minimum atomic E-state index is -0.0648. The molecule has 5 nitrogen and oxygen atoms in total. The van der Waals surface area contributed by atoms with Crippen LogP contribution >= 0.6 is 0 Å². The summed E-state index contributed by atoms with van der Waals surface area (Å²) in [7, 11) is 0. The van der Waals surface area contributed by atoms with Crippen molar-refractivity contribution in [1.29, 1.82) is 0 Å². The van der Waals surface area contributed by atoms with Gasteiger partial charge in [-0.3, -0.25) is 4.79 Å². The number of nitrogen functional groups attached to an aromatic ring is 1. The SMILES string of the molecule is Nc1ccc(CCC(=O)Nc2cnoc2)cc1. The van der Waals surface area contributed by atoms with Crippen LogP contribution in [-0.4, -0.2) is 11.1 Å². The van der Waals surface area contributed by atoms with Gasteiger partial charge in [0, 0.05) is 12.1 Å². The molecule has 0 spiro atoms. The van der Waals surface area contributed by atoms with Crippen molar-refractivity contribution in [1.82, 2.24) is 5.16 Å². The summed E-state index contributed by atoms with van der Waals surface area (Å²) < 4.78 is 4.61. The molecule has 0 bridgehead atoms. The summed E-state index contributed by atoms with van der Waals surface area (Å²) in [6, 6.07) is 7.49. The van der Waals surface area contributed by atoms with Crippen LogP contribution in [0.5, 0.6) is 0 Å². The van der Waals surface area contributed by atoms with Gasteiger partial charge in [-0.2, -0.15) is 0 Å². The van der Waals surface area contributed by atoms with Crippen molar-refractivity contribution in [2.45, 2.75) is 12.8 Å². The normalized spacial score (nSPS) is 10.1. The van der Waals surface area contributed by atoms with Gasteiger partial charge in [0.15, 0.2) is 0 Å². The van der Waals surface area contributed by atoms with Crippen molar-refractivity contribution < 1.29 is 9.32 Å². The van der Waals surface area contributed by atoms with Gasteiger partial charge in [0.1, 0.15) is 12.0 Å². The fourth-order valence-corrected chi connectivity index (χ4v) is 1.43. The third kappa shape index (κ3) is 3.34. The van der Waals surface area contributed by atoms with Crippen LogP contribution < -0.4 is 11.1 Å². The minimum absolute atomic E-state index is 0.0648. The topological polar surface area (TPSA) is 81.2 Å². The number of aryl methyl sites for hydroxylation is 1. The molecule has 0 radical (unpaired) electrons. The fraction of sp³-hybridized carbons (Fsp3) is 0.167. The summed E-state index contributed by atoms with van der Waals surface area (Å²) in [5.74, 6) is -0.0648. The van der Waals surface area contributed by atoms with E-state index in [1.807, 2.05) is 24.3 Å². The fourth-order valence-electron chi connectivity index (χ4n) is 1.43. The largest absolute Gasteiger partial charge is 0.399 e. The van der Waals surface area contributed by atoms with E-state index in [2.05, 4.69) is 15.0 Å².